The SMILES string of the molecule is CC(=O)c1cc(Cl)nc(CC2(C(=O)OC(C)(C)C)CCN[C@H](C)C2)c1F. The van der Waals surface area contributed by atoms with Crippen molar-refractivity contribution in [3.8, 4) is 0 Å². The predicted octanol–water partition coefficient (Wildman–Crippen LogP) is 3.72. The Morgan fingerprint density at radius 1 is 1.46 bits per heavy atom. The van der Waals surface area contributed by atoms with Gasteiger partial charge in [0.05, 0.1) is 16.7 Å². The maximum atomic E-state index is 14.8. The Kier molecular flexibility index (Phi) is 6.08. The fourth-order valence-corrected chi connectivity index (χ4v) is 3.58. The molecule has 1 N–H and O–H groups in total. The van der Waals surface area contributed by atoms with Crippen molar-refractivity contribution in [3.63, 3.8) is 0 Å². The van der Waals surface area contributed by atoms with E-state index in [2.05, 4.69) is 10.3 Å². The van der Waals surface area contributed by atoms with Crippen molar-refractivity contribution in [2.45, 2.75) is 65.5 Å². The average molecular weight is 385 g/mol. The molecular formula is C19H26ClFN2O3. The number of hydrogen-bond donors (Lipinski definition) is 1. The van der Waals surface area contributed by atoms with Crippen LogP contribution in [0.25, 0.3) is 0 Å². The molecule has 1 saturated heterocycles. The minimum atomic E-state index is -0.912. The molecule has 0 saturated carbocycles. The number of nitrogens with zero attached hydrogens (tertiary/aromatic N) is 1. The number of pyridine rings is 1. The van der Waals surface area contributed by atoms with Crippen molar-refractivity contribution in [1.29, 1.82) is 0 Å². The van der Waals surface area contributed by atoms with Gasteiger partial charge in [0.1, 0.15) is 10.8 Å². The minimum Gasteiger partial charge on any atom is -0.460 e. The molecule has 5 nitrogen and oxygen atoms in total. The number of rotatable bonds is 4. The lowest BCUT2D eigenvalue weighted by molar-refractivity contribution is -0.170. The molecule has 1 aromatic heterocycles. The number of carbonyl (C=O) groups is 2. The van der Waals surface area contributed by atoms with Gasteiger partial charge in [0.2, 0.25) is 0 Å². The average Bonchev–Trinajstić information content (AvgIpc) is 2.48. The van der Waals surface area contributed by atoms with Crippen LogP contribution in [0.4, 0.5) is 4.39 Å². The highest BCUT2D eigenvalue weighted by molar-refractivity contribution is 6.29. The summed E-state index contributed by atoms with van der Waals surface area (Å²) in [6, 6.07) is 1.29. The van der Waals surface area contributed by atoms with E-state index >= 15 is 0 Å². The van der Waals surface area contributed by atoms with Crippen molar-refractivity contribution in [2.75, 3.05) is 6.54 Å². The number of carbonyl (C=O) groups excluding carboxylic acids is 2. The second-order valence-electron chi connectivity index (χ2n) is 8.08. The van der Waals surface area contributed by atoms with Crippen LogP contribution in [0, 0.1) is 11.2 Å². The Morgan fingerprint density at radius 2 is 2.12 bits per heavy atom. The van der Waals surface area contributed by atoms with E-state index in [4.69, 9.17) is 16.3 Å². The highest BCUT2D eigenvalue weighted by Crippen LogP contribution is 2.38. The molecule has 144 valence electrons. The van der Waals surface area contributed by atoms with Crippen molar-refractivity contribution < 1.29 is 18.7 Å². The van der Waals surface area contributed by atoms with Gasteiger partial charge in [0.15, 0.2) is 11.6 Å². The number of esters is 1. The number of halogens is 2. The highest BCUT2D eigenvalue weighted by atomic mass is 35.5. The summed E-state index contributed by atoms with van der Waals surface area (Å²) in [7, 11) is 0. The molecule has 0 spiro atoms. The van der Waals surface area contributed by atoms with Gasteiger partial charge >= 0.3 is 5.97 Å². The topological polar surface area (TPSA) is 68.3 Å². The molecule has 1 aliphatic rings. The van der Waals surface area contributed by atoms with E-state index in [0.717, 1.165) is 0 Å². The standard InChI is InChI=1S/C19H26ClFN2O3/c1-11-9-19(6-7-22-11,17(25)26-18(3,4)5)10-14-16(21)13(12(2)24)8-15(20)23-14/h8,11,22H,6-7,9-10H2,1-5H3/t11-,19?/m1/s1. The van der Waals surface area contributed by atoms with Gasteiger partial charge in [-0.3, -0.25) is 9.59 Å². The fourth-order valence-electron chi connectivity index (χ4n) is 3.36. The van der Waals surface area contributed by atoms with Crippen LogP contribution in [0.1, 0.15) is 63.5 Å². The summed E-state index contributed by atoms with van der Waals surface area (Å²) in [5.41, 5.74) is -1.64. The zero-order valence-electron chi connectivity index (χ0n) is 15.9. The number of Topliss-reactive ketones (excluding diaryl/α,β-unsaturated/α-hetero) is 1. The molecule has 2 atom stereocenters. The molecule has 0 bridgehead atoms. The molecule has 1 unspecified atom stereocenters. The summed E-state index contributed by atoms with van der Waals surface area (Å²) in [5.74, 6) is -1.52. The first-order valence-corrected chi connectivity index (χ1v) is 9.14. The zero-order valence-corrected chi connectivity index (χ0v) is 16.7. The third-order valence-corrected chi connectivity index (χ3v) is 4.70. The Morgan fingerprint density at radius 3 is 2.65 bits per heavy atom. The number of piperidine rings is 1. The predicted molar refractivity (Wildman–Crippen MR) is 97.9 cm³/mol. The van der Waals surface area contributed by atoms with Crippen LogP contribution in [-0.2, 0) is 16.0 Å². The Labute approximate surface area is 158 Å². The van der Waals surface area contributed by atoms with Crippen LogP contribution in [-0.4, -0.2) is 34.9 Å². The molecular weight excluding hydrogens is 359 g/mol. The molecule has 0 radical (unpaired) electrons. The van der Waals surface area contributed by atoms with E-state index < -0.39 is 22.6 Å². The maximum absolute atomic E-state index is 14.8. The number of ether oxygens (including phenoxy) is 1. The smallest absolute Gasteiger partial charge is 0.313 e. The summed E-state index contributed by atoms with van der Waals surface area (Å²) in [4.78, 5) is 28.8. The van der Waals surface area contributed by atoms with Gasteiger partial charge in [0.25, 0.3) is 0 Å². The van der Waals surface area contributed by atoms with Crippen LogP contribution in [0.5, 0.6) is 0 Å². The van der Waals surface area contributed by atoms with E-state index in [0.29, 0.717) is 19.4 Å². The first kappa shape index (κ1) is 20.8. The van der Waals surface area contributed by atoms with Gasteiger partial charge in [-0.05, 0) is 60.1 Å². The quantitative estimate of drug-likeness (QED) is 0.486. The second kappa shape index (κ2) is 7.61. The molecule has 0 aromatic carbocycles. The monoisotopic (exact) mass is 384 g/mol. The van der Waals surface area contributed by atoms with Crippen molar-refractivity contribution in [3.05, 3.63) is 28.3 Å². The summed E-state index contributed by atoms with van der Waals surface area (Å²) in [6.07, 6.45) is 1.03. The fraction of sp³-hybridized carbons (Fsp3) is 0.632. The van der Waals surface area contributed by atoms with Gasteiger partial charge in [-0.1, -0.05) is 11.6 Å². The Hall–Kier alpha value is -1.53. The lowest BCUT2D eigenvalue weighted by Crippen LogP contribution is -2.50. The summed E-state index contributed by atoms with van der Waals surface area (Å²) >= 11 is 5.99. The molecule has 26 heavy (non-hydrogen) atoms. The Bertz CT molecular complexity index is 717. The largest absolute Gasteiger partial charge is 0.460 e. The lowest BCUT2D eigenvalue weighted by Gasteiger charge is -2.40. The first-order chi connectivity index (χ1) is 11.9. The van der Waals surface area contributed by atoms with E-state index in [1.54, 1.807) is 20.8 Å². The lowest BCUT2D eigenvalue weighted by atomic mass is 9.72. The molecule has 0 amide bonds. The van der Waals surface area contributed by atoms with Crippen LogP contribution in [0.2, 0.25) is 5.15 Å². The minimum absolute atomic E-state index is 0.0302. The van der Waals surface area contributed by atoms with Gasteiger partial charge in [-0.2, -0.15) is 0 Å². The Balaban J connectivity index is 2.45. The summed E-state index contributed by atoms with van der Waals surface area (Å²) in [6.45, 7) is 9.26. The number of aromatic nitrogens is 1. The first-order valence-electron chi connectivity index (χ1n) is 8.76. The molecule has 7 heteroatoms. The van der Waals surface area contributed by atoms with Crippen LogP contribution in [0.15, 0.2) is 6.07 Å². The molecule has 0 aliphatic carbocycles. The van der Waals surface area contributed by atoms with E-state index in [9.17, 15) is 14.0 Å². The van der Waals surface area contributed by atoms with E-state index in [-0.39, 0.29) is 34.8 Å². The van der Waals surface area contributed by atoms with Crippen LogP contribution >= 0.6 is 11.6 Å². The normalized spacial score (nSPS) is 23.6. The molecule has 1 aromatic rings. The van der Waals surface area contributed by atoms with Crippen LogP contribution < -0.4 is 5.32 Å². The highest BCUT2D eigenvalue weighted by Gasteiger charge is 2.45. The van der Waals surface area contributed by atoms with Crippen molar-refractivity contribution >= 4 is 23.4 Å². The third-order valence-electron chi connectivity index (χ3n) is 4.51. The number of ketones is 1. The van der Waals surface area contributed by atoms with Gasteiger partial charge < -0.3 is 10.1 Å². The second-order valence-corrected chi connectivity index (χ2v) is 8.46. The van der Waals surface area contributed by atoms with Crippen molar-refractivity contribution in [1.82, 2.24) is 10.3 Å². The number of nitrogens with one attached hydrogen (secondary N) is 1. The molecule has 2 heterocycles. The molecule has 1 aliphatic heterocycles. The van der Waals surface area contributed by atoms with Gasteiger partial charge in [-0.25, -0.2) is 9.37 Å². The van der Waals surface area contributed by atoms with E-state index in [1.165, 1.54) is 13.0 Å². The summed E-state index contributed by atoms with van der Waals surface area (Å²) in [5, 5.41) is 3.33. The van der Waals surface area contributed by atoms with Crippen molar-refractivity contribution in [2.24, 2.45) is 5.41 Å². The third kappa shape index (κ3) is 4.80. The van der Waals surface area contributed by atoms with Crippen LogP contribution in [0.3, 0.4) is 0 Å². The summed E-state index contributed by atoms with van der Waals surface area (Å²) < 4.78 is 20.4. The molecule has 2 rings (SSSR count). The van der Waals surface area contributed by atoms with Gasteiger partial charge in [0, 0.05) is 12.5 Å². The maximum Gasteiger partial charge on any atom is 0.313 e. The van der Waals surface area contributed by atoms with Gasteiger partial charge in [-0.15, -0.1) is 0 Å². The molecule has 1 fully saturated rings. The zero-order chi connectivity index (χ0) is 19.7. The van der Waals surface area contributed by atoms with E-state index in [1.807, 2.05) is 6.92 Å². The number of hydrogen-bond acceptors (Lipinski definition) is 5.